The molecular formula is C12H17N3O2. The Labute approximate surface area is 101 Å². The van der Waals surface area contributed by atoms with Crippen molar-refractivity contribution in [1.29, 1.82) is 0 Å². The summed E-state index contributed by atoms with van der Waals surface area (Å²) in [6.45, 7) is 5.23. The minimum absolute atomic E-state index is 0.215. The van der Waals surface area contributed by atoms with Crippen LogP contribution in [0.15, 0.2) is 24.4 Å². The van der Waals surface area contributed by atoms with Gasteiger partial charge in [-0.3, -0.25) is 0 Å². The van der Waals surface area contributed by atoms with Crippen LogP contribution in [0.3, 0.4) is 0 Å². The predicted molar refractivity (Wildman–Crippen MR) is 65.0 cm³/mol. The quantitative estimate of drug-likeness (QED) is 0.776. The van der Waals surface area contributed by atoms with Crippen molar-refractivity contribution >= 4 is 11.9 Å². The van der Waals surface area contributed by atoms with E-state index in [9.17, 15) is 4.79 Å². The first-order chi connectivity index (χ1) is 8.31. The van der Waals surface area contributed by atoms with Crippen molar-refractivity contribution < 1.29 is 9.53 Å². The maximum atomic E-state index is 11.5. The second-order valence-corrected chi connectivity index (χ2v) is 3.86. The number of hydrogen-bond donors (Lipinski definition) is 0. The van der Waals surface area contributed by atoms with Gasteiger partial charge >= 0.3 is 6.09 Å². The van der Waals surface area contributed by atoms with Gasteiger partial charge in [0.2, 0.25) is 0 Å². The number of nitrogens with zero attached hydrogens (tertiary/aromatic N) is 3. The van der Waals surface area contributed by atoms with Crippen LogP contribution in [-0.2, 0) is 4.74 Å². The first-order valence-corrected chi connectivity index (χ1v) is 5.89. The van der Waals surface area contributed by atoms with Crippen LogP contribution >= 0.6 is 0 Å². The molecule has 1 saturated heterocycles. The maximum absolute atomic E-state index is 11.5. The van der Waals surface area contributed by atoms with Gasteiger partial charge in [-0.15, -0.1) is 0 Å². The van der Waals surface area contributed by atoms with Crippen molar-refractivity contribution in [2.75, 3.05) is 37.7 Å². The highest BCUT2D eigenvalue weighted by Crippen LogP contribution is 2.12. The summed E-state index contributed by atoms with van der Waals surface area (Å²) in [5.74, 6) is 0.969. The van der Waals surface area contributed by atoms with E-state index in [0.717, 1.165) is 18.9 Å². The van der Waals surface area contributed by atoms with Crippen LogP contribution in [0, 0.1) is 0 Å². The molecule has 0 spiro atoms. The summed E-state index contributed by atoms with van der Waals surface area (Å²) >= 11 is 0. The first kappa shape index (κ1) is 11.7. The van der Waals surface area contributed by atoms with E-state index in [-0.39, 0.29) is 6.09 Å². The normalized spacial score (nSPS) is 15.8. The van der Waals surface area contributed by atoms with Gasteiger partial charge in [0.1, 0.15) is 5.82 Å². The third-order valence-electron chi connectivity index (χ3n) is 2.78. The SMILES string of the molecule is CCOC(=O)N1CCN(c2ccccn2)CC1. The van der Waals surface area contributed by atoms with Gasteiger partial charge in [0, 0.05) is 32.4 Å². The number of carbonyl (C=O) groups is 1. The Morgan fingerprint density at radius 1 is 1.35 bits per heavy atom. The van der Waals surface area contributed by atoms with E-state index in [4.69, 9.17) is 4.74 Å². The van der Waals surface area contributed by atoms with E-state index in [0.29, 0.717) is 19.7 Å². The molecule has 92 valence electrons. The van der Waals surface area contributed by atoms with Gasteiger partial charge < -0.3 is 14.5 Å². The van der Waals surface area contributed by atoms with Crippen molar-refractivity contribution in [1.82, 2.24) is 9.88 Å². The topological polar surface area (TPSA) is 45.7 Å². The van der Waals surface area contributed by atoms with Crippen molar-refractivity contribution in [3.05, 3.63) is 24.4 Å². The number of pyridine rings is 1. The highest BCUT2D eigenvalue weighted by molar-refractivity contribution is 5.68. The van der Waals surface area contributed by atoms with Gasteiger partial charge in [-0.2, -0.15) is 0 Å². The molecule has 1 aromatic rings. The predicted octanol–water partition coefficient (Wildman–Crippen LogP) is 1.36. The number of amides is 1. The van der Waals surface area contributed by atoms with Crippen molar-refractivity contribution in [3.63, 3.8) is 0 Å². The summed E-state index contributed by atoms with van der Waals surface area (Å²) in [6.07, 6.45) is 1.57. The molecule has 2 rings (SSSR count). The first-order valence-electron chi connectivity index (χ1n) is 5.89. The number of ether oxygens (including phenoxy) is 1. The summed E-state index contributed by atoms with van der Waals surface area (Å²) in [4.78, 5) is 19.7. The Morgan fingerprint density at radius 2 is 2.12 bits per heavy atom. The molecule has 1 aromatic heterocycles. The molecule has 0 unspecified atom stereocenters. The third kappa shape index (κ3) is 2.87. The number of piperazine rings is 1. The summed E-state index contributed by atoms with van der Waals surface area (Å²) < 4.78 is 4.98. The van der Waals surface area contributed by atoms with E-state index in [1.165, 1.54) is 0 Å². The zero-order valence-corrected chi connectivity index (χ0v) is 10.0. The average Bonchev–Trinajstić information content (AvgIpc) is 2.40. The van der Waals surface area contributed by atoms with Crippen LogP contribution in [0.25, 0.3) is 0 Å². The highest BCUT2D eigenvalue weighted by Gasteiger charge is 2.22. The Hall–Kier alpha value is -1.78. The molecule has 1 aliphatic heterocycles. The Balaban J connectivity index is 1.88. The molecule has 1 amide bonds. The van der Waals surface area contributed by atoms with Crippen molar-refractivity contribution in [2.45, 2.75) is 6.92 Å². The second kappa shape index (κ2) is 5.52. The summed E-state index contributed by atoms with van der Waals surface area (Å²) in [5.41, 5.74) is 0. The standard InChI is InChI=1S/C12H17N3O2/c1-2-17-12(16)15-9-7-14(8-10-15)11-5-3-4-6-13-11/h3-6H,2,7-10H2,1H3. The van der Waals surface area contributed by atoms with E-state index in [1.54, 1.807) is 11.1 Å². The lowest BCUT2D eigenvalue weighted by molar-refractivity contribution is 0.105. The van der Waals surface area contributed by atoms with Gasteiger partial charge in [0.05, 0.1) is 6.61 Å². The lowest BCUT2D eigenvalue weighted by atomic mass is 10.3. The van der Waals surface area contributed by atoms with Crippen LogP contribution in [0.4, 0.5) is 10.6 Å². The van der Waals surface area contributed by atoms with E-state index in [2.05, 4.69) is 9.88 Å². The summed E-state index contributed by atoms with van der Waals surface area (Å²) in [7, 11) is 0. The minimum Gasteiger partial charge on any atom is -0.450 e. The number of hydrogen-bond acceptors (Lipinski definition) is 4. The van der Waals surface area contributed by atoms with E-state index in [1.807, 2.05) is 25.1 Å². The van der Waals surface area contributed by atoms with Gasteiger partial charge in [-0.05, 0) is 19.1 Å². The molecule has 0 bridgehead atoms. The molecule has 0 aliphatic carbocycles. The lowest BCUT2D eigenvalue weighted by Crippen LogP contribution is -2.49. The van der Waals surface area contributed by atoms with Crippen LogP contribution in [-0.4, -0.2) is 48.8 Å². The number of anilines is 1. The molecule has 5 heteroatoms. The molecule has 0 aromatic carbocycles. The van der Waals surface area contributed by atoms with Gasteiger partial charge in [-0.25, -0.2) is 9.78 Å². The zero-order chi connectivity index (χ0) is 12.1. The Bertz CT molecular complexity index is 361. The highest BCUT2D eigenvalue weighted by atomic mass is 16.6. The molecule has 2 heterocycles. The van der Waals surface area contributed by atoms with Gasteiger partial charge in [-0.1, -0.05) is 6.07 Å². The zero-order valence-electron chi connectivity index (χ0n) is 10.0. The summed E-state index contributed by atoms with van der Waals surface area (Å²) in [5, 5.41) is 0. The number of aromatic nitrogens is 1. The van der Waals surface area contributed by atoms with Crippen LogP contribution in [0.1, 0.15) is 6.92 Å². The number of rotatable bonds is 2. The van der Waals surface area contributed by atoms with E-state index < -0.39 is 0 Å². The molecule has 0 saturated carbocycles. The molecule has 0 atom stereocenters. The molecule has 17 heavy (non-hydrogen) atoms. The molecule has 1 aliphatic rings. The largest absolute Gasteiger partial charge is 0.450 e. The van der Waals surface area contributed by atoms with Crippen LogP contribution in [0.5, 0.6) is 0 Å². The monoisotopic (exact) mass is 235 g/mol. The molecule has 0 N–H and O–H groups in total. The fourth-order valence-electron chi connectivity index (χ4n) is 1.87. The average molecular weight is 235 g/mol. The second-order valence-electron chi connectivity index (χ2n) is 3.86. The Kier molecular flexibility index (Phi) is 3.80. The van der Waals surface area contributed by atoms with Crippen LogP contribution < -0.4 is 4.90 Å². The molecule has 1 fully saturated rings. The smallest absolute Gasteiger partial charge is 0.409 e. The van der Waals surface area contributed by atoms with Gasteiger partial charge in [0.25, 0.3) is 0 Å². The van der Waals surface area contributed by atoms with Crippen LogP contribution in [0.2, 0.25) is 0 Å². The lowest BCUT2D eigenvalue weighted by Gasteiger charge is -2.34. The van der Waals surface area contributed by atoms with E-state index >= 15 is 0 Å². The number of carbonyl (C=O) groups excluding carboxylic acids is 1. The maximum Gasteiger partial charge on any atom is 0.409 e. The van der Waals surface area contributed by atoms with Gasteiger partial charge in [0.15, 0.2) is 0 Å². The summed E-state index contributed by atoms with van der Waals surface area (Å²) in [6, 6.07) is 5.86. The fraction of sp³-hybridized carbons (Fsp3) is 0.500. The van der Waals surface area contributed by atoms with Crippen molar-refractivity contribution in [2.24, 2.45) is 0 Å². The van der Waals surface area contributed by atoms with Crippen molar-refractivity contribution in [3.8, 4) is 0 Å². The fourth-order valence-corrected chi connectivity index (χ4v) is 1.87. The minimum atomic E-state index is -0.215. The molecular weight excluding hydrogens is 218 g/mol. The molecule has 5 nitrogen and oxygen atoms in total. The third-order valence-corrected chi connectivity index (χ3v) is 2.78. The Morgan fingerprint density at radius 3 is 2.71 bits per heavy atom. The molecule has 0 radical (unpaired) electrons.